The highest BCUT2D eigenvalue weighted by atomic mass is 79.9. The fourth-order valence-corrected chi connectivity index (χ4v) is 1.51. The van der Waals surface area contributed by atoms with E-state index in [-0.39, 0.29) is 0 Å². The van der Waals surface area contributed by atoms with E-state index in [0.29, 0.717) is 24.5 Å². The largest absolute Gasteiger partial charge is 0.491 e. The Morgan fingerprint density at radius 1 is 1.31 bits per heavy atom. The van der Waals surface area contributed by atoms with Crippen molar-refractivity contribution in [1.29, 1.82) is 0 Å². The first kappa shape index (κ1) is 13.2. The molecule has 0 unspecified atom stereocenters. The molecule has 3 nitrogen and oxygen atoms in total. The van der Waals surface area contributed by atoms with Crippen LogP contribution in [0.5, 0.6) is 5.75 Å². The zero-order valence-electron chi connectivity index (χ0n) is 9.24. The second-order valence-corrected chi connectivity index (χ2v) is 4.12. The highest BCUT2D eigenvalue weighted by molar-refractivity contribution is 9.10. The van der Waals surface area contributed by atoms with Crippen LogP contribution in [0.4, 0.5) is 0 Å². The predicted octanol–water partition coefficient (Wildman–Crippen LogP) is 3.07. The van der Waals surface area contributed by atoms with Gasteiger partial charge in [0.25, 0.3) is 0 Å². The molecule has 16 heavy (non-hydrogen) atoms. The lowest BCUT2D eigenvalue weighted by Gasteiger charge is -2.07. The number of halogens is 1. The molecule has 0 radical (unpaired) electrons. The topological polar surface area (TPSA) is 35.5 Å². The standard InChI is InChI=1S/C12H15BrO3/c1-2-5-15-6-7-16-11-3-4-12(13)10(8-11)9-14/h3-4,8-9H,2,5-7H2,1H3. The van der Waals surface area contributed by atoms with Crippen LogP contribution in [0.2, 0.25) is 0 Å². The highest BCUT2D eigenvalue weighted by Crippen LogP contribution is 2.20. The number of hydrogen-bond donors (Lipinski definition) is 0. The van der Waals surface area contributed by atoms with Crippen molar-refractivity contribution in [2.24, 2.45) is 0 Å². The Morgan fingerprint density at radius 2 is 2.12 bits per heavy atom. The quantitative estimate of drug-likeness (QED) is 0.571. The van der Waals surface area contributed by atoms with E-state index in [1.165, 1.54) is 0 Å². The van der Waals surface area contributed by atoms with Gasteiger partial charge in [0.2, 0.25) is 0 Å². The van der Waals surface area contributed by atoms with Crippen LogP contribution in [0.15, 0.2) is 22.7 Å². The number of carbonyl (C=O) groups is 1. The van der Waals surface area contributed by atoms with E-state index < -0.39 is 0 Å². The van der Waals surface area contributed by atoms with E-state index >= 15 is 0 Å². The summed E-state index contributed by atoms with van der Waals surface area (Å²) in [7, 11) is 0. The molecule has 88 valence electrons. The van der Waals surface area contributed by atoms with Crippen LogP contribution in [0.1, 0.15) is 23.7 Å². The van der Waals surface area contributed by atoms with Gasteiger partial charge in [-0.05, 0) is 24.6 Å². The molecular weight excluding hydrogens is 272 g/mol. The predicted molar refractivity (Wildman–Crippen MR) is 66.1 cm³/mol. The molecule has 0 saturated heterocycles. The van der Waals surface area contributed by atoms with Crippen LogP contribution in [0.3, 0.4) is 0 Å². The van der Waals surface area contributed by atoms with E-state index in [0.717, 1.165) is 23.8 Å². The lowest BCUT2D eigenvalue weighted by Crippen LogP contribution is -2.07. The number of rotatable bonds is 7. The average molecular weight is 287 g/mol. The first-order valence-corrected chi connectivity index (χ1v) is 6.02. The number of aldehydes is 1. The maximum Gasteiger partial charge on any atom is 0.151 e. The SMILES string of the molecule is CCCOCCOc1ccc(Br)c(C=O)c1. The Bertz CT molecular complexity index is 339. The lowest BCUT2D eigenvalue weighted by molar-refractivity contribution is 0.100. The summed E-state index contributed by atoms with van der Waals surface area (Å²) < 4.78 is 11.5. The minimum absolute atomic E-state index is 0.500. The van der Waals surface area contributed by atoms with Gasteiger partial charge in [0.05, 0.1) is 6.61 Å². The van der Waals surface area contributed by atoms with Gasteiger partial charge in [-0.15, -0.1) is 0 Å². The third kappa shape index (κ3) is 4.33. The van der Waals surface area contributed by atoms with Gasteiger partial charge in [0.1, 0.15) is 12.4 Å². The molecule has 0 aliphatic carbocycles. The van der Waals surface area contributed by atoms with Gasteiger partial charge in [-0.3, -0.25) is 4.79 Å². The molecule has 0 saturated carbocycles. The van der Waals surface area contributed by atoms with Crippen LogP contribution in [0.25, 0.3) is 0 Å². The molecule has 0 aliphatic rings. The summed E-state index contributed by atoms with van der Waals surface area (Å²) in [6, 6.07) is 5.32. The third-order valence-corrected chi connectivity index (χ3v) is 2.66. The summed E-state index contributed by atoms with van der Waals surface area (Å²) in [5.41, 5.74) is 0.590. The molecule has 0 aromatic heterocycles. The van der Waals surface area contributed by atoms with Crippen molar-refractivity contribution in [1.82, 2.24) is 0 Å². The van der Waals surface area contributed by atoms with E-state index in [1.54, 1.807) is 12.1 Å². The molecule has 0 aliphatic heterocycles. The minimum Gasteiger partial charge on any atom is -0.491 e. The van der Waals surface area contributed by atoms with Crippen LogP contribution < -0.4 is 4.74 Å². The highest BCUT2D eigenvalue weighted by Gasteiger charge is 2.01. The first-order chi connectivity index (χ1) is 7.77. The molecular formula is C12H15BrO3. The van der Waals surface area contributed by atoms with Gasteiger partial charge in [0, 0.05) is 16.6 Å². The normalized spacial score (nSPS) is 10.1. The van der Waals surface area contributed by atoms with Crippen molar-refractivity contribution in [2.75, 3.05) is 19.8 Å². The summed E-state index contributed by atoms with van der Waals surface area (Å²) >= 11 is 3.28. The first-order valence-electron chi connectivity index (χ1n) is 5.23. The van der Waals surface area contributed by atoms with E-state index in [4.69, 9.17) is 9.47 Å². The zero-order valence-corrected chi connectivity index (χ0v) is 10.8. The molecule has 0 heterocycles. The Hall–Kier alpha value is -0.870. The second kappa shape index (κ2) is 7.41. The van der Waals surface area contributed by atoms with Crippen molar-refractivity contribution in [3.05, 3.63) is 28.2 Å². The van der Waals surface area contributed by atoms with E-state index in [1.807, 2.05) is 6.07 Å². The number of benzene rings is 1. The Labute approximate surface area is 104 Å². The van der Waals surface area contributed by atoms with Gasteiger partial charge in [-0.25, -0.2) is 0 Å². The molecule has 0 bridgehead atoms. The fraction of sp³-hybridized carbons (Fsp3) is 0.417. The smallest absolute Gasteiger partial charge is 0.151 e. The van der Waals surface area contributed by atoms with Crippen molar-refractivity contribution in [3.8, 4) is 5.75 Å². The van der Waals surface area contributed by atoms with Crippen LogP contribution in [-0.4, -0.2) is 26.1 Å². The van der Waals surface area contributed by atoms with Crippen molar-refractivity contribution in [2.45, 2.75) is 13.3 Å². The monoisotopic (exact) mass is 286 g/mol. The maximum atomic E-state index is 10.7. The molecule has 0 spiro atoms. The Morgan fingerprint density at radius 3 is 2.81 bits per heavy atom. The van der Waals surface area contributed by atoms with Crippen molar-refractivity contribution < 1.29 is 14.3 Å². The van der Waals surface area contributed by atoms with Gasteiger partial charge in [-0.1, -0.05) is 22.9 Å². The molecule has 4 heteroatoms. The molecule has 1 rings (SSSR count). The molecule has 0 atom stereocenters. The third-order valence-electron chi connectivity index (χ3n) is 1.94. The molecule has 1 aromatic carbocycles. The zero-order chi connectivity index (χ0) is 11.8. The number of hydrogen-bond acceptors (Lipinski definition) is 3. The maximum absolute atomic E-state index is 10.7. The van der Waals surface area contributed by atoms with Gasteiger partial charge >= 0.3 is 0 Å². The summed E-state index contributed by atoms with van der Waals surface area (Å²) in [6.45, 7) is 3.88. The van der Waals surface area contributed by atoms with Gasteiger partial charge in [0.15, 0.2) is 6.29 Å². The molecule has 0 fully saturated rings. The van der Waals surface area contributed by atoms with Gasteiger partial charge < -0.3 is 9.47 Å². The number of ether oxygens (including phenoxy) is 2. The molecule has 0 N–H and O–H groups in total. The minimum atomic E-state index is 0.500. The average Bonchev–Trinajstić information content (AvgIpc) is 2.31. The van der Waals surface area contributed by atoms with Crippen LogP contribution in [-0.2, 0) is 4.74 Å². The number of carbonyl (C=O) groups excluding carboxylic acids is 1. The van der Waals surface area contributed by atoms with E-state index in [2.05, 4.69) is 22.9 Å². The summed E-state index contributed by atoms with van der Waals surface area (Å²) in [6.07, 6.45) is 1.80. The van der Waals surface area contributed by atoms with Gasteiger partial charge in [-0.2, -0.15) is 0 Å². The summed E-state index contributed by atoms with van der Waals surface area (Å²) in [5.74, 6) is 0.686. The summed E-state index contributed by atoms with van der Waals surface area (Å²) in [5, 5.41) is 0. The fourth-order valence-electron chi connectivity index (χ4n) is 1.17. The second-order valence-electron chi connectivity index (χ2n) is 3.26. The Kier molecular flexibility index (Phi) is 6.11. The van der Waals surface area contributed by atoms with Crippen LogP contribution in [0, 0.1) is 0 Å². The van der Waals surface area contributed by atoms with E-state index in [9.17, 15) is 4.79 Å². The molecule has 0 amide bonds. The molecule has 1 aromatic rings. The van der Waals surface area contributed by atoms with Crippen molar-refractivity contribution in [3.63, 3.8) is 0 Å². The lowest BCUT2D eigenvalue weighted by atomic mass is 10.2. The summed E-state index contributed by atoms with van der Waals surface area (Å²) in [4.78, 5) is 10.7. The Balaban J connectivity index is 2.39. The van der Waals surface area contributed by atoms with Crippen molar-refractivity contribution >= 4 is 22.2 Å². The van der Waals surface area contributed by atoms with Crippen LogP contribution >= 0.6 is 15.9 Å².